The zero-order valence-electron chi connectivity index (χ0n) is 16.0. The number of nitrogens with one attached hydrogen (secondary N) is 1. The van der Waals surface area contributed by atoms with Gasteiger partial charge in [0.1, 0.15) is 15.7 Å². The quantitative estimate of drug-likeness (QED) is 0.531. The van der Waals surface area contributed by atoms with Crippen LogP contribution in [0, 0.1) is 0 Å². The molecule has 0 saturated carbocycles. The van der Waals surface area contributed by atoms with Crippen molar-refractivity contribution in [1.29, 1.82) is 0 Å². The third-order valence-corrected chi connectivity index (χ3v) is 7.99. The van der Waals surface area contributed by atoms with Gasteiger partial charge >= 0.3 is 0 Å². The summed E-state index contributed by atoms with van der Waals surface area (Å²) >= 11 is 3.43. The molecule has 0 amide bonds. The Kier molecular flexibility index (Phi) is 4.53. The highest BCUT2D eigenvalue weighted by atomic mass is 32.1. The number of para-hydroxylation sites is 1. The summed E-state index contributed by atoms with van der Waals surface area (Å²) in [6.45, 7) is 2.74. The molecule has 0 unspecified atom stereocenters. The average molecular weight is 411 g/mol. The topological polar surface area (TPSA) is 61.9 Å². The summed E-state index contributed by atoms with van der Waals surface area (Å²) in [5.74, 6) is 0.728. The van der Waals surface area contributed by atoms with Crippen LogP contribution in [0.2, 0.25) is 0 Å². The summed E-state index contributed by atoms with van der Waals surface area (Å²) in [5.41, 5.74) is 2.29. The van der Waals surface area contributed by atoms with Gasteiger partial charge in [-0.25, -0.2) is 9.97 Å². The molecule has 1 aliphatic carbocycles. The fourth-order valence-corrected chi connectivity index (χ4v) is 6.28. The first-order valence-electron chi connectivity index (χ1n) is 9.69. The number of nitrogens with zero attached hydrogens (tertiary/aromatic N) is 3. The first kappa shape index (κ1) is 18.0. The lowest BCUT2D eigenvalue weighted by Crippen LogP contribution is -2.25. The summed E-state index contributed by atoms with van der Waals surface area (Å²) in [5, 5.41) is 1.91. The summed E-state index contributed by atoms with van der Waals surface area (Å²) < 4.78 is 1.20. The van der Waals surface area contributed by atoms with E-state index in [-0.39, 0.29) is 11.6 Å². The first-order chi connectivity index (χ1) is 13.6. The number of hydrogen-bond donors (Lipinski definition) is 1. The van der Waals surface area contributed by atoms with Gasteiger partial charge in [0.2, 0.25) is 0 Å². The molecule has 0 bridgehead atoms. The van der Waals surface area contributed by atoms with Crippen LogP contribution in [-0.4, -0.2) is 26.9 Å². The van der Waals surface area contributed by atoms with Gasteiger partial charge in [-0.15, -0.1) is 22.7 Å². The van der Waals surface area contributed by atoms with Crippen molar-refractivity contribution >= 4 is 43.1 Å². The number of benzene rings is 1. The largest absolute Gasteiger partial charge is 0.309 e. The van der Waals surface area contributed by atoms with Crippen molar-refractivity contribution < 1.29 is 0 Å². The molecule has 144 valence electrons. The molecule has 5 nitrogen and oxygen atoms in total. The second-order valence-electron chi connectivity index (χ2n) is 7.51. The maximum Gasteiger partial charge on any atom is 0.259 e. The Bertz CT molecular complexity index is 1190. The molecule has 4 aromatic rings. The van der Waals surface area contributed by atoms with E-state index >= 15 is 0 Å². The number of fused-ring (bicyclic) bond motifs is 4. The zero-order valence-corrected chi connectivity index (χ0v) is 17.6. The van der Waals surface area contributed by atoms with Crippen molar-refractivity contribution in [3.63, 3.8) is 0 Å². The van der Waals surface area contributed by atoms with Crippen molar-refractivity contribution in [1.82, 2.24) is 19.9 Å². The van der Waals surface area contributed by atoms with E-state index in [2.05, 4.69) is 29.9 Å². The van der Waals surface area contributed by atoms with Crippen molar-refractivity contribution in [2.75, 3.05) is 7.05 Å². The van der Waals surface area contributed by atoms with E-state index in [0.29, 0.717) is 6.54 Å². The average Bonchev–Trinajstić information content (AvgIpc) is 3.28. The Labute approximate surface area is 171 Å². The maximum atomic E-state index is 12.8. The second kappa shape index (κ2) is 7.06. The van der Waals surface area contributed by atoms with E-state index in [1.165, 1.54) is 28.0 Å². The summed E-state index contributed by atoms with van der Waals surface area (Å²) in [6.07, 6.45) is 4.48. The summed E-state index contributed by atoms with van der Waals surface area (Å²) in [4.78, 5) is 29.8. The van der Waals surface area contributed by atoms with Crippen molar-refractivity contribution in [2.45, 2.75) is 45.2 Å². The van der Waals surface area contributed by atoms with Gasteiger partial charge in [-0.1, -0.05) is 12.1 Å². The smallest absolute Gasteiger partial charge is 0.259 e. The van der Waals surface area contributed by atoms with Crippen LogP contribution in [0.4, 0.5) is 0 Å². The van der Waals surface area contributed by atoms with Crippen LogP contribution in [0.15, 0.2) is 29.1 Å². The Morgan fingerprint density at radius 3 is 2.86 bits per heavy atom. The predicted octanol–water partition coefficient (Wildman–Crippen LogP) is 4.67. The number of H-pyrrole nitrogens is 1. The van der Waals surface area contributed by atoms with Crippen LogP contribution in [0.3, 0.4) is 0 Å². The van der Waals surface area contributed by atoms with Gasteiger partial charge in [0.15, 0.2) is 0 Å². The van der Waals surface area contributed by atoms with E-state index in [9.17, 15) is 4.79 Å². The molecule has 0 fully saturated rings. The van der Waals surface area contributed by atoms with Gasteiger partial charge in [-0.05, 0) is 57.4 Å². The molecule has 0 saturated heterocycles. The minimum atomic E-state index is 0.0143. The lowest BCUT2D eigenvalue weighted by molar-refractivity contribution is 0.246. The Morgan fingerprint density at radius 1 is 1.18 bits per heavy atom. The molecule has 5 rings (SSSR count). The molecule has 1 aliphatic rings. The monoisotopic (exact) mass is 410 g/mol. The van der Waals surface area contributed by atoms with Crippen LogP contribution in [0.5, 0.6) is 0 Å². The Hall–Kier alpha value is -2.09. The van der Waals surface area contributed by atoms with Crippen LogP contribution < -0.4 is 5.56 Å². The van der Waals surface area contributed by atoms with Crippen molar-refractivity contribution in [3.05, 3.63) is 55.9 Å². The van der Waals surface area contributed by atoms with Crippen LogP contribution in [0.1, 0.15) is 47.1 Å². The van der Waals surface area contributed by atoms with Crippen molar-refractivity contribution in [2.24, 2.45) is 0 Å². The van der Waals surface area contributed by atoms with E-state index < -0.39 is 0 Å². The van der Waals surface area contributed by atoms with Crippen LogP contribution in [-0.2, 0) is 19.4 Å². The zero-order chi connectivity index (χ0) is 19.3. The molecule has 0 aliphatic heterocycles. The van der Waals surface area contributed by atoms with E-state index in [1.807, 2.05) is 18.2 Å². The first-order valence-corrected chi connectivity index (χ1v) is 11.3. The van der Waals surface area contributed by atoms with Gasteiger partial charge in [-0.2, -0.15) is 0 Å². The number of aromatic nitrogens is 3. The Morgan fingerprint density at radius 2 is 2.00 bits per heavy atom. The number of rotatable bonds is 4. The van der Waals surface area contributed by atoms with Crippen LogP contribution in [0.25, 0.3) is 20.4 Å². The molecule has 1 atom stereocenters. The highest BCUT2D eigenvalue weighted by Gasteiger charge is 2.21. The van der Waals surface area contributed by atoms with E-state index in [4.69, 9.17) is 9.97 Å². The minimum absolute atomic E-state index is 0.0143. The van der Waals surface area contributed by atoms with Crippen molar-refractivity contribution in [3.8, 4) is 0 Å². The SMILES string of the molecule is C[C@@H](c1nc2ccccc2s1)N(C)Cc1nc2sc3c(c2c(=O)[nH]1)CCCC3. The lowest BCUT2D eigenvalue weighted by Gasteiger charge is -2.22. The summed E-state index contributed by atoms with van der Waals surface area (Å²) in [7, 11) is 2.06. The fraction of sp³-hybridized carbons (Fsp3) is 0.381. The molecule has 28 heavy (non-hydrogen) atoms. The molecular weight excluding hydrogens is 388 g/mol. The number of hydrogen-bond acceptors (Lipinski definition) is 6. The number of aryl methyl sites for hydroxylation is 2. The standard InChI is InChI=1S/C21H22N4OS2/c1-12(20-22-14-8-4-6-10-16(14)28-20)25(2)11-17-23-19(26)18-13-7-3-5-9-15(13)27-21(18)24-17/h4,6,8,10,12H,3,5,7,9,11H2,1-2H3,(H,23,24,26)/t12-/m0/s1. The fourth-order valence-electron chi connectivity index (χ4n) is 3.91. The van der Waals surface area contributed by atoms with Gasteiger partial charge in [0.25, 0.3) is 5.56 Å². The number of aromatic amines is 1. The van der Waals surface area contributed by atoms with Gasteiger partial charge in [-0.3, -0.25) is 9.69 Å². The lowest BCUT2D eigenvalue weighted by atomic mass is 9.97. The molecule has 1 aromatic carbocycles. The van der Waals surface area contributed by atoms with Gasteiger partial charge < -0.3 is 4.98 Å². The molecule has 3 heterocycles. The van der Waals surface area contributed by atoms with Crippen LogP contribution >= 0.6 is 22.7 Å². The molecule has 0 radical (unpaired) electrons. The summed E-state index contributed by atoms with van der Waals surface area (Å²) in [6, 6.07) is 8.37. The Balaban J connectivity index is 1.43. The second-order valence-corrected chi connectivity index (χ2v) is 9.66. The molecule has 7 heteroatoms. The highest BCUT2D eigenvalue weighted by molar-refractivity contribution is 7.19. The normalized spacial score (nSPS) is 15.4. The molecule has 1 N–H and O–H groups in total. The third kappa shape index (κ3) is 3.07. The molecule has 0 spiro atoms. The number of thiazole rings is 1. The van der Waals surface area contributed by atoms with Gasteiger partial charge in [0, 0.05) is 4.88 Å². The molecule has 3 aromatic heterocycles. The minimum Gasteiger partial charge on any atom is -0.309 e. The molecular formula is C21H22N4OS2. The van der Waals surface area contributed by atoms with Gasteiger partial charge in [0.05, 0.1) is 28.2 Å². The maximum absolute atomic E-state index is 12.8. The third-order valence-electron chi connectivity index (χ3n) is 5.60. The van der Waals surface area contributed by atoms with E-state index in [1.54, 1.807) is 22.7 Å². The number of thiophene rings is 1. The predicted molar refractivity (Wildman–Crippen MR) is 116 cm³/mol. The highest BCUT2D eigenvalue weighted by Crippen LogP contribution is 2.34. The van der Waals surface area contributed by atoms with E-state index in [0.717, 1.165) is 39.4 Å².